The number of carbonyl (C=O) groups excluding carboxylic acids is 1. The largest absolute Gasteiger partial charge is 0.489 e. The monoisotopic (exact) mass is 433 g/mol. The van der Waals surface area contributed by atoms with E-state index >= 15 is 0 Å². The molecule has 1 aliphatic heterocycles. The highest BCUT2D eigenvalue weighted by atomic mass is 19.1. The summed E-state index contributed by atoms with van der Waals surface area (Å²) in [6.45, 7) is 2.80. The SMILES string of the molecule is Cc1nc(-c2ccc(OC3CCN(C(=O)c4cn[nH]c4-c4ccc(F)cc4)C3)cc2)no1. The van der Waals surface area contributed by atoms with Crippen LogP contribution >= 0.6 is 0 Å². The first-order chi connectivity index (χ1) is 15.6. The molecule has 3 heterocycles. The van der Waals surface area contributed by atoms with E-state index in [1.807, 2.05) is 24.3 Å². The number of H-pyrrole nitrogens is 1. The summed E-state index contributed by atoms with van der Waals surface area (Å²) in [6.07, 6.45) is 2.12. The maximum Gasteiger partial charge on any atom is 0.257 e. The first-order valence-electron chi connectivity index (χ1n) is 10.2. The number of likely N-dealkylation sites (tertiary alicyclic amines) is 1. The van der Waals surface area contributed by atoms with Crippen molar-refractivity contribution >= 4 is 5.91 Å². The molecule has 1 atom stereocenters. The molecule has 0 radical (unpaired) electrons. The molecule has 0 saturated carbocycles. The minimum Gasteiger partial charge on any atom is -0.489 e. The number of aryl methyl sites for hydroxylation is 1. The van der Waals surface area contributed by atoms with Gasteiger partial charge in [0.1, 0.15) is 17.7 Å². The lowest BCUT2D eigenvalue weighted by atomic mass is 10.1. The molecule has 162 valence electrons. The van der Waals surface area contributed by atoms with Crippen molar-refractivity contribution in [1.82, 2.24) is 25.2 Å². The second-order valence-corrected chi connectivity index (χ2v) is 7.61. The van der Waals surface area contributed by atoms with Gasteiger partial charge in [0.05, 0.1) is 24.0 Å². The van der Waals surface area contributed by atoms with Crippen LogP contribution in [-0.4, -0.2) is 50.3 Å². The molecular formula is C23H20FN5O3. The minimum atomic E-state index is -0.332. The molecule has 9 heteroatoms. The molecule has 1 unspecified atom stereocenters. The molecule has 4 aromatic rings. The summed E-state index contributed by atoms with van der Waals surface area (Å²) in [5.74, 6) is 1.29. The summed E-state index contributed by atoms with van der Waals surface area (Å²) in [4.78, 5) is 19.0. The topological polar surface area (TPSA) is 97.1 Å². The number of aromatic nitrogens is 4. The van der Waals surface area contributed by atoms with E-state index in [0.717, 1.165) is 12.0 Å². The Bertz CT molecular complexity index is 1230. The molecule has 32 heavy (non-hydrogen) atoms. The fourth-order valence-corrected chi connectivity index (χ4v) is 3.76. The summed E-state index contributed by atoms with van der Waals surface area (Å²) in [6, 6.07) is 13.4. The van der Waals surface area contributed by atoms with Gasteiger partial charge >= 0.3 is 0 Å². The molecule has 0 bridgehead atoms. The molecular weight excluding hydrogens is 413 g/mol. The van der Waals surface area contributed by atoms with Crippen LogP contribution in [0.15, 0.2) is 59.3 Å². The summed E-state index contributed by atoms with van der Waals surface area (Å²) >= 11 is 0. The Kier molecular flexibility index (Phi) is 5.14. The van der Waals surface area contributed by atoms with Crippen molar-refractivity contribution in [2.75, 3.05) is 13.1 Å². The van der Waals surface area contributed by atoms with Gasteiger partial charge in [0, 0.05) is 31.0 Å². The van der Waals surface area contributed by atoms with E-state index in [-0.39, 0.29) is 17.8 Å². The third-order valence-electron chi connectivity index (χ3n) is 5.38. The summed E-state index contributed by atoms with van der Waals surface area (Å²) in [7, 11) is 0. The zero-order valence-corrected chi connectivity index (χ0v) is 17.3. The van der Waals surface area contributed by atoms with Crippen LogP contribution in [0.3, 0.4) is 0 Å². The fraction of sp³-hybridized carbons (Fsp3) is 0.217. The van der Waals surface area contributed by atoms with Crippen LogP contribution in [0.25, 0.3) is 22.6 Å². The van der Waals surface area contributed by atoms with E-state index in [0.29, 0.717) is 47.4 Å². The van der Waals surface area contributed by atoms with Crippen molar-refractivity contribution in [3.63, 3.8) is 0 Å². The second kappa shape index (κ2) is 8.26. The first kappa shape index (κ1) is 19.9. The number of nitrogens with zero attached hydrogens (tertiary/aromatic N) is 4. The van der Waals surface area contributed by atoms with E-state index in [1.54, 1.807) is 24.0 Å². The predicted octanol–water partition coefficient (Wildman–Crippen LogP) is 3.87. The van der Waals surface area contributed by atoms with Crippen LogP contribution in [0.1, 0.15) is 22.7 Å². The van der Waals surface area contributed by atoms with E-state index in [1.165, 1.54) is 18.3 Å². The molecule has 0 spiro atoms. The lowest BCUT2D eigenvalue weighted by Gasteiger charge is -2.17. The Labute approximate surface area is 183 Å². The Morgan fingerprint density at radius 2 is 1.91 bits per heavy atom. The third kappa shape index (κ3) is 3.96. The van der Waals surface area contributed by atoms with E-state index in [2.05, 4.69) is 20.3 Å². The highest BCUT2D eigenvalue weighted by Crippen LogP contribution is 2.26. The van der Waals surface area contributed by atoms with E-state index < -0.39 is 0 Å². The van der Waals surface area contributed by atoms with Gasteiger partial charge in [-0.15, -0.1) is 0 Å². The van der Waals surface area contributed by atoms with Gasteiger partial charge in [0.15, 0.2) is 0 Å². The van der Waals surface area contributed by atoms with Gasteiger partial charge < -0.3 is 14.2 Å². The highest BCUT2D eigenvalue weighted by Gasteiger charge is 2.30. The quantitative estimate of drug-likeness (QED) is 0.513. The molecule has 1 amide bonds. The average molecular weight is 433 g/mol. The maximum absolute atomic E-state index is 13.2. The first-order valence-corrected chi connectivity index (χ1v) is 10.2. The molecule has 1 aliphatic rings. The van der Waals surface area contributed by atoms with Crippen molar-refractivity contribution < 1.29 is 18.4 Å². The molecule has 0 aliphatic carbocycles. The number of hydrogen-bond donors (Lipinski definition) is 1. The number of aromatic amines is 1. The third-order valence-corrected chi connectivity index (χ3v) is 5.38. The van der Waals surface area contributed by atoms with Gasteiger partial charge in [0.25, 0.3) is 5.91 Å². The average Bonchev–Trinajstić information content (AvgIpc) is 3.55. The van der Waals surface area contributed by atoms with Crippen LogP contribution in [0.2, 0.25) is 0 Å². The molecule has 1 N–H and O–H groups in total. The lowest BCUT2D eigenvalue weighted by Crippen LogP contribution is -2.31. The van der Waals surface area contributed by atoms with Gasteiger partial charge in [-0.1, -0.05) is 5.16 Å². The Hall–Kier alpha value is -4.01. The fourth-order valence-electron chi connectivity index (χ4n) is 3.76. The highest BCUT2D eigenvalue weighted by molar-refractivity contribution is 5.99. The van der Waals surface area contributed by atoms with Crippen molar-refractivity contribution in [2.24, 2.45) is 0 Å². The van der Waals surface area contributed by atoms with Crippen LogP contribution in [-0.2, 0) is 0 Å². The summed E-state index contributed by atoms with van der Waals surface area (Å²) < 4.78 is 24.3. The van der Waals surface area contributed by atoms with Crippen LogP contribution < -0.4 is 4.74 Å². The summed E-state index contributed by atoms with van der Waals surface area (Å²) in [5, 5.41) is 10.8. The van der Waals surface area contributed by atoms with Crippen molar-refractivity contribution in [3.8, 4) is 28.4 Å². The number of benzene rings is 2. The Morgan fingerprint density at radius 1 is 1.16 bits per heavy atom. The molecule has 2 aromatic heterocycles. The van der Waals surface area contributed by atoms with Crippen molar-refractivity contribution in [1.29, 1.82) is 0 Å². The zero-order valence-electron chi connectivity index (χ0n) is 17.3. The maximum atomic E-state index is 13.2. The molecule has 5 rings (SSSR count). The van der Waals surface area contributed by atoms with Gasteiger partial charge in [-0.3, -0.25) is 9.89 Å². The number of rotatable bonds is 5. The number of halogens is 1. The number of hydrogen-bond acceptors (Lipinski definition) is 6. The molecule has 1 fully saturated rings. The predicted molar refractivity (Wildman–Crippen MR) is 113 cm³/mol. The number of amides is 1. The number of ether oxygens (including phenoxy) is 1. The molecule has 8 nitrogen and oxygen atoms in total. The smallest absolute Gasteiger partial charge is 0.257 e. The van der Waals surface area contributed by atoms with Gasteiger partial charge in [-0.05, 0) is 48.5 Å². The summed E-state index contributed by atoms with van der Waals surface area (Å²) in [5.41, 5.74) is 2.57. The minimum absolute atomic E-state index is 0.113. The lowest BCUT2D eigenvalue weighted by molar-refractivity contribution is 0.0773. The molecule has 1 saturated heterocycles. The van der Waals surface area contributed by atoms with E-state index in [4.69, 9.17) is 9.26 Å². The van der Waals surface area contributed by atoms with Crippen LogP contribution in [0, 0.1) is 12.7 Å². The second-order valence-electron chi connectivity index (χ2n) is 7.61. The zero-order chi connectivity index (χ0) is 22.1. The van der Waals surface area contributed by atoms with Crippen molar-refractivity contribution in [3.05, 3.63) is 72.0 Å². The van der Waals surface area contributed by atoms with Crippen LogP contribution in [0.5, 0.6) is 5.75 Å². The van der Waals surface area contributed by atoms with Gasteiger partial charge in [0.2, 0.25) is 11.7 Å². The standard InChI is InChI=1S/C23H20FN5O3/c1-14-26-22(28-32-14)16-4-8-18(9-5-16)31-19-10-11-29(13-19)23(30)20-12-25-27-21(20)15-2-6-17(24)7-3-15/h2-9,12,19H,10-11,13H2,1H3,(H,25,27). The normalized spacial score (nSPS) is 15.8. The van der Waals surface area contributed by atoms with Gasteiger partial charge in [-0.25, -0.2) is 4.39 Å². The Balaban J connectivity index is 1.24. The van der Waals surface area contributed by atoms with Gasteiger partial charge in [-0.2, -0.15) is 10.1 Å². The number of nitrogens with one attached hydrogen (secondary N) is 1. The number of carbonyl (C=O) groups is 1. The van der Waals surface area contributed by atoms with Crippen LogP contribution in [0.4, 0.5) is 4.39 Å². The Morgan fingerprint density at radius 3 is 2.62 bits per heavy atom. The molecule has 2 aromatic carbocycles. The van der Waals surface area contributed by atoms with E-state index in [9.17, 15) is 9.18 Å². The van der Waals surface area contributed by atoms with Crippen molar-refractivity contribution in [2.45, 2.75) is 19.4 Å².